The Bertz CT molecular complexity index is 1440. The number of nitrogens with one attached hydrogen (secondary N) is 1. The van der Waals surface area contributed by atoms with Crippen molar-refractivity contribution in [1.29, 1.82) is 5.26 Å². The Morgan fingerprint density at radius 1 is 1.18 bits per heavy atom. The lowest BCUT2D eigenvalue weighted by atomic mass is 9.85. The van der Waals surface area contributed by atoms with Crippen LogP contribution < -0.4 is 5.32 Å². The summed E-state index contributed by atoms with van der Waals surface area (Å²) in [5, 5.41) is 25.3. The summed E-state index contributed by atoms with van der Waals surface area (Å²) in [7, 11) is 1.88. The third-order valence-electron chi connectivity index (χ3n) is 5.88. The van der Waals surface area contributed by atoms with E-state index < -0.39 is 5.41 Å². The van der Waals surface area contributed by atoms with Gasteiger partial charge in [-0.25, -0.2) is 4.68 Å². The zero-order valence-corrected chi connectivity index (χ0v) is 21.2. The third-order valence-corrected chi connectivity index (χ3v) is 6.34. The molecule has 0 radical (unpaired) electrons. The summed E-state index contributed by atoms with van der Waals surface area (Å²) in [6.07, 6.45) is 3.62. The van der Waals surface area contributed by atoms with Crippen molar-refractivity contribution in [3.05, 3.63) is 75.6 Å². The van der Waals surface area contributed by atoms with Gasteiger partial charge in [-0.05, 0) is 69.2 Å². The minimum atomic E-state index is -0.715. The molecule has 34 heavy (non-hydrogen) atoms. The number of nitriles is 1. The molecule has 2 aromatic carbocycles. The molecule has 1 amide bonds. The number of carbonyl (C=O) groups excluding carboxylic acids is 1. The van der Waals surface area contributed by atoms with Crippen LogP contribution in [0.25, 0.3) is 16.9 Å². The standard InChI is InChI=1S/C25H24BrN7O/c1-15-6-7-20(29-24(34)17-8-18(10-19(26)9-17)25(3,4)14-27)11-23(15)33-13-22(30-31-33)21-12-28-32(5)16(21)2/h6-13H,1-5H3,(H,29,34). The topological polar surface area (TPSA) is 101 Å². The number of carbonyl (C=O) groups is 1. The van der Waals surface area contributed by atoms with Gasteiger partial charge in [-0.15, -0.1) is 5.10 Å². The van der Waals surface area contributed by atoms with Crippen LogP contribution in [0.4, 0.5) is 5.69 Å². The van der Waals surface area contributed by atoms with Crippen LogP contribution in [-0.2, 0) is 12.5 Å². The van der Waals surface area contributed by atoms with Gasteiger partial charge in [0.05, 0.1) is 29.6 Å². The molecule has 4 rings (SSSR count). The van der Waals surface area contributed by atoms with Crippen molar-refractivity contribution in [2.75, 3.05) is 5.32 Å². The molecule has 1 N–H and O–H groups in total. The number of hydrogen-bond donors (Lipinski definition) is 1. The van der Waals surface area contributed by atoms with Gasteiger partial charge in [0.2, 0.25) is 0 Å². The molecule has 0 saturated heterocycles. The predicted molar refractivity (Wildman–Crippen MR) is 134 cm³/mol. The molecule has 8 nitrogen and oxygen atoms in total. The second-order valence-corrected chi connectivity index (χ2v) is 9.65. The van der Waals surface area contributed by atoms with Gasteiger partial charge in [0.15, 0.2) is 0 Å². The second kappa shape index (κ2) is 8.88. The molecule has 2 aromatic heterocycles. The number of aryl methyl sites for hydroxylation is 2. The molecule has 9 heteroatoms. The van der Waals surface area contributed by atoms with E-state index in [9.17, 15) is 10.1 Å². The average Bonchev–Trinajstić information content (AvgIpc) is 3.41. The van der Waals surface area contributed by atoms with Gasteiger partial charge < -0.3 is 5.32 Å². The maximum atomic E-state index is 13.0. The number of nitrogens with zero attached hydrogens (tertiary/aromatic N) is 6. The van der Waals surface area contributed by atoms with E-state index in [0.29, 0.717) is 11.3 Å². The van der Waals surface area contributed by atoms with Gasteiger partial charge in [0.25, 0.3) is 5.91 Å². The Labute approximate surface area is 206 Å². The minimum absolute atomic E-state index is 0.267. The molecule has 0 bridgehead atoms. The summed E-state index contributed by atoms with van der Waals surface area (Å²) in [5.74, 6) is -0.267. The summed E-state index contributed by atoms with van der Waals surface area (Å²) in [4.78, 5) is 13.0. The molecular weight excluding hydrogens is 494 g/mol. The van der Waals surface area contributed by atoms with E-state index in [4.69, 9.17) is 0 Å². The van der Waals surface area contributed by atoms with E-state index in [1.807, 2.05) is 65.2 Å². The van der Waals surface area contributed by atoms with Crippen LogP contribution in [-0.4, -0.2) is 30.7 Å². The zero-order chi connectivity index (χ0) is 24.6. The predicted octanol–water partition coefficient (Wildman–Crippen LogP) is 5.10. The normalized spacial score (nSPS) is 11.3. The summed E-state index contributed by atoms with van der Waals surface area (Å²) in [6.45, 7) is 7.60. The lowest BCUT2D eigenvalue weighted by molar-refractivity contribution is 0.102. The first kappa shape index (κ1) is 23.4. The maximum Gasteiger partial charge on any atom is 0.255 e. The smallest absolute Gasteiger partial charge is 0.255 e. The first-order chi connectivity index (χ1) is 16.1. The highest BCUT2D eigenvalue weighted by Gasteiger charge is 2.22. The molecular formula is C25H24BrN7O. The fourth-order valence-electron chi connectivity index (χ4n) is 3.54. The highest BCUT2D eigenvalue weighted by molar-refractivity contribution is 9.10. The Kier molecular flexibility index (Phi) is 6.11. The molecule has 0 atom stereocenters. The average molecular weight is 518 g/mol. The second-order valence-electron chi connectivity index (χ2n) is 8.74. The lowest BCUT2D eigenvalue weighted by Gasteiger charge is -2.17. The summed E-state index contributed by atoms with van der Waals surface area (Å²) < 4.78 is 4.23. The Morgan fingerprint density at radius 3 is 2.62 bits per heavy atom. The van der Waals surface area contributed by atoms with Gasteiger partial charge in [-0.1, -0.05) is 27.2 Å². The number of benzene rings is 2. The molecule has 0 saturated carbocycles. The summed E-state index contributed by atoms with van der Waals surface area (Å²) in [5.41, 5.74) is 5.57. The van der Waals surface area contributed by atoms with Gasteiger partial charge >= 0.3 is 0 Å². The highest BCUT2D eigenvalue weighted by atomic mass is 79.9. The summed E-state index contributed by atoms with van der Waals surface area (Å²) >= 11 is 3.45. The Hall–Kier alpha value is -3.77. The minimum Gasteiger partial charge on any atom is -0.322 e. The van der Waals surface area contributed by atoms with Crippen LogP contribution >= 0.6 is 15.9 Å². The van der Waals surface area contributed by atoms with E-state index in [0.717, 1.165) is 38.2 Å². The Morgan fingerprint density at radius 2 is 1.94 bits per heavy atom. The van der Waals surface area contributed by atoms with Gasteiger partial charge in [0.1, 0.15) is 5.69 Å². The van der Waals surface area contributed by atoms with E-state index in [1.165, 1.54) is 0 Å². The number of anilines is 1. The lowest BCUT2D eigenvalue weighted by Crippen LogP contribution is -2.17. The van der Waals surface area contributed by atoms with E-state index in [-0.39, 0.29) is 5.91 Å². The van der Waals surface area contributed by atoms with Crippen LogP contribution in [0.1, 0.15) is 41.0 Å². The quantitative estimate of drug-likeness (QED) is 0.396. The molecule has 0 aliphatic heterocycles. The van der Waals surface area contributed by atoms with Gasteiger partial charge in [-0.3, -0.25) is 9.48 Å². The molecule has 0 fully saturated rings. The highest BCUT2D eigenvalue weighted by Crippen LogP contribution is 2.28. The van der Waals surface area contributed by atoms with Crippen LogP contribution in [0.15, 0.2) is 53.3 Å². The van der Waals surface area contributed by atoms with Crippen molar-refractivity contribution >= 4 is 27.5 Å². The molecule has 172 valence electrons. The number of amides is 1. The molecule has 2 heterocycles. The number of hydrogen-bond acceptors (Lipinski definition) is 5. The number of rotatable bonds is 5. The largest absolute Gasteiger partial charge is 0.322 e. The van der Waals surface area contributed by atoms with Crippen molar-refractivity contribution in [3.8, 4) is 23.0 Å². The molecule has 0 aliphatic carbocycles. The molecule has 0 unspecified atom stereocenters. The fourth-order valence-corrected chi connectivity index (χ4v) is 4.03. The van der Waals surface area contributed by atoms with Crippen LogP contribution in [0.2, 0.25) is 0 Å². The van der Waals surface area contributed by atoms with Crippen LogP contribution in [0, 0.1) is 25.2 Å². The van der Waals surface area contributed by atoms with Crippen molar-refractivity contribution < 1.29 is 4.79 Å². The molecule has 4 aromatic rings. The van der Waals surface area contributed by atoms with Crippen LogP contribution in [0.5, 0.6) is 0 Å². The Balaban J connectivity index is 1.62. The number of halogens is 1. The molecule has 0 spiro atoms. The fraction of sp³-hybridized carbons (Fsp3) is 0.240. The van der Waals surface area contributed by atoms with Crippen molar-refractivity contribution in [1.82, 2.24) is 24.8 Å². The van der Waals surface area contributed by atoms with Crippen molar-refractivity contribution in [2.45, 2.75) is 33.1 Å². The maximum absolute atomic E-state index is 13.0. The van der Waals surface area contributed by atoms with E-state index in [2.05, 4.69) is 42.7 Å². The SMILES string of the molecule is Cc1ccc(NC(=O)c2cc(Br)cc(C(C)(C)C#N)c2)cc1-n1cc(-c2cnn(C)c2C)nn1. The summed E-state index contributed by atoms with van der Waals surface area (Å²) in [6, 6.07) is 13.3. The zero-order valence-electron chi connectivity index (χ0n) is 19.6. The monoisotopic (exact) mass is 517 g/mol. The first-order valence-corrected chi connectivity index (χ1v) is 11.4. The molecule has 0 aliphatic rings. The van der Waals surface area contributed by atoms with Gasteiger partial charge in [-0.2, -0.15) is 10.4 Å². The van der Waals surface area contributed by atoms with Crippen LogP contribution in [0.3, 0.4) is 0 Å². The number of aromatic nitrogens is 5. The van der Waals surface area contributed by atoms with Gasteiger partial charge in [0, 0.05) is 34.0 Å². The van der Waals surface area contributed by atoms with E-state index in [1.54, 1.807) is 27.7 Å². The first-order valence-electron chi connectivity index (χ1n) is 10.6. The van der Waals surface area contributed by atoms with Crippen molar-refractivity contribution in [3.63, 3.8) is 0 Å². The van der Waals surface area contributed by atoms with Crippen molar-refractivity contribution in [2.24, 2.45) is 7.05 Å². The van der Waals surface area contributed by atoms with E-state index >= 15 is 0 Å². The third kappa shape index (κ3) is 4.50.